The number of hydrogen-bond donors (Lipinski definition) is 2. The summed E-state index contributed by atoms with van der Waals surface area (Å²) in [5, 5.41) is 2.81. The maximum atomic E-state index is 12.5. The average Bonchev–Trinajstić information content (AvgIpc) is 2.53. The normalized spacial score (nSPS) is 12.1. The van der Waals surface area contributed by atoms with Crippen LogP contribution in [0.5, 0.6) is 0 Å². The van der Waals surface area contributed by atoms with Crippen molar-refractivity contribution in [2.75, 3.05) is 18.4 Å². The molecule has 0 spiro atoms. The van der Waals surface area contributed by atoms with Crippen LogP contribution in [0.3, 0.4) is 0 Å². The first-order chi connectivity index (χ1) is 11.2. The lowest BCUT2D eigenvalue weighted by Crippen LogP contribution is -2.45. The molecule has 0 unspecified atom stereocenters. The van der Waals surface area contributed by atoms with Crippen molar-refractivity contribution >= 4 is 29.9 Å². The molecule has 2 amide bonds. The van der Waals surface area contributed by atoms with E-state index in [-0.39, 0.29) is 29.6 Å². The van der Waals surface area contributed by atoms with E-state index in [4.69, 9.17) is 5.73 Å². The first kappa shape index (κ1) is 23.4. The van der Waals surface area contributed by atoms with E-state index in [1.807, 2.05) is 25.7 Å². The van der Waals surface area contributed by atoms with Crippen molar-refractivity contribution in [1.29, 1.82) is 0 Å². The molecule has 5 nitrogen and oxygen atoms in total. The number of benzene rings is 1. The monoisotopic (exact) mass is 369 g/mol. The van der Waals surface area contributed by atoms with E-state index in [1.165, 1.54) is 0 Å². The molecule has 3 N–H and O–H groups in total. The Hall–Kier alpha value is -1.59. The first-order valence-electron chi connectivity index (χ1n) is 8.66. The van der Waals surface area contributed by atoms with E-state index >= 15 is 0 Å². The predicted octanol–water partition coefficient (Wildman–Crippen LogP) is 3.68. The lowest BCUT2D eigenvalue weighted by atomic mass is 9.87. The Bertz CT molecular complexity index is 547. The van der Waals surface area contributed by atoms with Crippen LogP contribution < -0.4 is 11.1 Å². The van der Waals surface area contributed by atoms with Gasteiger partial charge in [0.25, 0.3) is 5.91 Å². The van der Waals surface area contributed by atoms with Gasteiger partial charge in [0, 0.05) is 24.3 Å². The Morgan fingerprint density at radius 3 is 1.96 bits per heavy atom. The topological polar surface area (TPSA) is 75.4 Å². The lowest BCUT2D eigenvalue weighted by molar-refractivity contribution is -0.119. The molecule has 0 radical (unpaired) electrons. The van der Waals surface area contributed by atoms with Gasteiger partial charge in [0.1, 0.15) is 0 Å². The molecule has 1 rings (SSSR count). The van der Waals surface area contributed by atoms with Crippen LogP contribution in [0, 0.1) is 5.41 Å². The maximum absolute atomic E-state index is 12.5. The average molecular weight is 370 g/mol. The van der Waals surface area contributed by atoms with Crippen LogP contribution in [0.4, 0.5) is 5.69 Å². The molecule has 0 saturated heterocycles. The number of amides is 2. The van der Waals surface area contributed by atoms with Crippen LogP contribution in [0.25, 0.3) is 0 Å². The van der Waals surface area contributed by atoms with Crippen LogP contribution in [0.2, 0.25) is 0 Å². The molecule has 1 atom stereocenters. The first-order valence-corrected chi connectivity index (χ1v) is 8.66. The molecule has 142 valence electrons. The molecule has 1 aromatic rings. The van der Waals surface area contributed by atoms with Gasteiger partial charge in [-0.05, 0) is 42.5 Å². The van der Waals surface area contributed by atoms with Gasteiger partial charge in [0.05, 0.1) is 6.04 Å². The van der Waals surface area contributed by atoms with E-state index in [9.17, 15) is 9.59 Å². The molecule has 0 aromatic heterocycles. The van der Waals surface area contributed by atoms with Gasteiger partial charge in [-0.15, -0.1) is 12.4 Å². The van der Waals surface area contributed by atoms with Crippen molar-refractivity contribution in [3.05, 3.63) is 29.8 Å². The van der Waals surface area contributed by atoms with Gasteiger partial charge in [0.2, 0.25) is 5.91 Å². The van der Waals surface area contributed by atoms with E-state index in [2.05, 4.69) is 19.2 Å². The fourth-order valence-electron chi connectivity index (χ4n) is 2.35. The van der Waals surface area contributed by atoms with Gasteiger partial charge in [0.15, 0.2) is 0 Å². The number of nitrogens with one attached hydrogen (secondary N) is 1. The van der Waals surface area contributed by atoms with Crippen molar-refractivity contribution in [1.82, 2.24) is 4.90 Å². The Balaban J connectivity index is 0.00000576. The summed E-state index contributed by atoms with van der Waals surface area (Å²) in [6.07, 6.45) is 1.87. The number of carbonyl (C=O) groups excluding carboxylic acids is 2. The second-order valence-electron chi connectivity index (χ2n) is 7.20. The van der Waals surface area contributed by atoms with Crippen LogP contribution in [0.1, 0.15) is 57.8 Å². The molecular weight excluding hydrogens is 338 g/mol. The highest BCUT2D eigenvalue weighted by atomic mass is 35.5. The minimum Gasteiger partial charge on any atom is -0.339 e. The number of nitrogens with two attached hydrogens (primary N) is 1. The smallest absolute Gasteiger partial charge is 0.253 e. The molecule has 25 heavy (non-hydrogen) atoms. The van der Waals surface area contributed by atoms with Crippen molar-refractivity contribution in [3.8, 4) is 0 Å². The van der Waals surface area contributed by atoms with Crippen LogP contribution in [-0.4, -0.2) is 35.8 Å². The number of carbonyl (C=O) groups is 2. The number of nitrogens with zero attached hydrogens (tertiary/aromatic N) is 1. The van der Waals surface area contributed by atoms with Crippen LogP contribution in [0.15, 0.2) is 24.3 Å². The Labute approximate surface area is 157 Å². The number of anilines is 1. The lowest BCUT2D eigenvalue weighted by Gasteiger charge is -2.26. The van der Waals surface area contributed by atoms with Crippen LogP contribution in [-0.2, 0) is 4.79 Å². The molecule has 0 bridgehead atoms. The van der Waals surface area contributed by atoms with E-state index in [0.717, 1.165) is 25.9 Å². The van der Waals surface area contributed by atoms with Gasteiger partial charge in [-0.2, -0.15) is 0 Å². The molecule has 0 aliphatic rings. The summed E-state index contributed by atoms with van der Waals surface area (Å²) in [6.45, 7) is 11.4. The number of rotatable bonds is 7. The van der Waals surface area contributed by atoms with Crippen molar-refractivity contribution in [3.63, 3.8) is 0 Å². The minimum absolute atomic E-state index is 0. The molecule has 0 saturated carbocycles. The largest absolute Gasteiger partial charge is 0.339 e. The predicted molar refractivity (Wildman–Crippen MR) is 106 cm³/mol. The summed E-state index contributed by atoms with van der Waals surface area (Å²) in [6, 6.07) is 6.40. The van der Waals surface area contributed by atoms with Crippen LogP contribution >= 0.6 is 12.4 Å². The molecule has 1 aromatic carbocycles. The minimum atomic E-state index is -0.594. The van der Waals surface area contributed by atoms with Gasteiger partial charge >= 0.3 is 0 Å². The van der Waals surface area contributed by atoms with Crippen molar-refractivity contribution in [2.45, 2.75) is 53.5 Å². The van der Waals surface area contributed by atoms with Crippen molar-refractivity contribution < 1.29 is 9.59 Å². The summed E-state index contributed by atoms with van der Waals surface area (Å²) in [5.74, 6) is -0.192. The number of halogens is 1. The van der Waals surface area contributed by atoms with Gasteiger partial charge in [-0.1, -0.05) is 34.6 Å². The quantitative estimate of drug-likeness (QED) is 0.769. The third-order valence-corrected chi connectivity index (χ3v) is 3.89. The summed E-state index contributed by atoms with van der Waals surface area (Å²) < 4.78 is 0. The fourth-order valence-corrected chi connectivity index (χ4v) is 2.35. The molecule has 0 heterocycles. The third kappa shape index (κ3) is 7.04. The Morgan fingerprint density at radius 1 is 1.08 bits per heavy atom. The number of hydrogen-bond acceptors (Lipinski definition) is 3. The van der Waals surface area contributed by atoms with Gasteiger partial charge in [-0.3, -0.25) is 9.59 Å². The summed E-state index contributed by atoms with van der Waals surface area (Å²) >= 11 is 0. The van der Waals surface area contributed by atoms with Gasteiger partial charge < -0.3 is 16.0 Å². The van der Waals surface area contributed by atoms with Crippen molar-refractivity contribution in [2.24, 2.45) is 11.1 Å². The fraction of sp³-hybridized carbons (Fsp3) is 0.579. The molecular formula is C19H32ClN3O2. The third-order valence-electron chi connectivity index (χ3n) is 3.89. The van der Waals surface area contributed by atoms with E-state index in [0.29, 0.717) is 11.3 Å². The Kier molecular flexibility index (Phi) is 9.75. The highest BCUT2D eigenvalue weighted by Crippen LogP contribution is 2.19. The highest BCUT2D eigenvalue weighted by Gasteiger charge is 2.27. The second kappa shape index (κ2) is 10.4. The molecule has 0 fully saturated rings. The Morgan fingerprint density at radius 2 is 1.56 bits per heavy atom. The molecule has 0 aliphatic carbocycles. The van der Waals surface area contributed by atoms with E-state index < -0.39 is 6.04 Å². The zero-order valence-corrected chi connectivity index (χ0v) is 16.8. The standard InChI is InChI=1S/C19H31N3O2.ClH/c1-6-12-22(13-7-2)18(24)14-8-10-15(11-9-14)21-17(23)16(20)19(3,4)5;/h8-11,16H,6-7,12-13,20H2,1-5H3,(H,21,23);1H/t16-;/m1./s1. The maximum Gasteiger partial charge on any atom is 0.253 e. The zero-order valence-electron chi connectivity index (χ0n) is 16.0. The molecule has 6 heteroatoms. The SMILES string of the molecule is CCCN(CCC)C(=O)c1ccc(NC(=O)[C@@H](N)C(C)(C)C)cc1.Cl. The van der Waals surface area contributed by atoms with E-state index in [1.54, 1.807) is 24.3 Å². The summed E-state index contributed by atoms with van der Waals surface area (Å²) in [7, 11) is 0. The summed E-state index contributed by atoms with van der Waals surface area (Å²) in [5.41, 5.74) is 6.93. The van der Waals surface area contributed by atoms with Gasteiger partial charge in [-0.25, -0.2) is 0 Å². The zero-order chi connectivity index (χ0) is 18.3. The molecule has 0 aliphatic heterocycles. The summed E-state index contributed by atoms with van der Waals surface area (Å²) in [4.78, 5) is 26.5. The highest BCUT2D eigenvalue weighted by molar-refractivity contribution is 5.97. The second-order valence-corrected chi connectivity index (χ2v) is 7.20.